The Morgan fingerprint density at radius 3 is 0.700 bits per heavy atom. The molecular weight excluding hydrogens is 178 g/mol. The topological polar surface area (TPSA) is 118 Å². The van der Waals surface area contributed by atoms with E-state index in [0.717, 1.165) is 0 Å². The molecule has 10 heavy (non-hydrogen) atoms. The van der Waals surface area contributed by atoms with Crippen molar-refractivity contribution in [2.75, 3.05) is 0 Å². The molecule has 0 aliphatic rings. The van der Waals surface area contributed by atoms with Gasteiger partial charge in [-0.2, -0.15) is 0 Å². The van der Waals surface area contributed by atoms with Crippen molar-refractivity contribution in [3.05, 3.63) is 16.2 Å². The van der Waals surface area contributed by atoms with Gasteiger partial charge in [-0.1, -0.05) is 0 Å². The van der Waals surface area contributed by atoms with E-state index in [-0.39, 0.29) is 17.4 Å². The predicted octanol–water partition coefficient (Wildman–Crippen LogP) is -0.328. The van der Waals surface area contributed by atoms with Gasteiger partial charge in [-0.15, -0.1) is 0 Å². The Bertz CT molecular complexity index is 111. The third-order valence-corrected chi connectivity index (χ3v) is 0. The van der Waals surface area contributed by atoms with Gasteiger partial charge in [0.2, 0.25) is 0 Å². The van der Waals surface area contributed by atoms with Gasteiger partial charge in [0.25, 0.3) is 0 Å². The van der Waals surface area contributed by atoms with Gasteiger partial charge in [0.1, 0.15) is 0 Å². The van der Waals surface area contributed by atoms with Crippen molar-refractivity contribution in [1.29, 1.82) is 0 Å². The van der Waals surface area contributed by atoms with Crippen molar-refractivity contribution < 1.29 is 31.7 Å². The van der Waals surface area contributed by atoms with Crippen LogP contribution in [0.4, 0.5) is 0 Å². The normalized spacial score (nSPS) is 2.40. The molecule has 0 aromatic heterocycles. The molecule has 0 saturated carbocycles. The Hall–Kier alpha value is -1.33. The van der Waals surface area contributed by atoms with E-state index in [0.29, 0.717) is 18.2 Å². The maximum Gasteiger partial charge on any atom is 3.00 e. The summed E-state index contributed by atoms with van der Waals surface area (Å²) in [7, 11) is 0. The number of hydrogen-bond acceptors (Lipinski definition) is 3. The van der Waals surface area contributed by atoms with Crippen LogP contribution in [0, 0.1) is 0 Å². The van der Waals surface area contributed by atoms with Gasteiger partial charge < -0.3 is 16.2 Å². The van der Waals surface area contributed by atoms with Crippen LogP contribution in [0.3, 0.4) is 0 Å². The molecule has 0 bridgehead atoms. The number of carbonyl (C=O) groups excluding carboxylic acids is 3. The molecule has 51 valence electrons. The molecule has 6 nitrogen and oxygen atoms in total. The first kappa shape index (κ1) is 23.4. The average molecular weight is 178 g/mol. The van der Waals surface area contributed by atoms with E-state index >= 15 is 0 Å². The zero-order valence-electron chi connectivity index (χ0n) is 4.47. The van der Waals surface area contributed by atoms with E-state index < -0.39 is 0 Å². The first-order valence-corrected chi connectivity index (χ1v) is 1.28. The summed E-state index contributed by atoms with van der Waals surface area (Å²) in [6.45, 7) is 0. The van der Waals surface area contributed by atoms with Crippen LogP contribution in [0.1, 0.15) is 0 Å². The molecule has 0 aliphatic carbocycles. The van der Waals surface area contributed by atoms with E-state index in [1.165, 1.54) is 0 Å². The summed E-state index contributed by atoms with van der Waals surface area (Å²) < 4.78 is 0. The van der Waals surface area contributed by atoms with Crippen LogP contribution >= 0.6 is 0 Å². The first-order valence-electron chi connectivity index (χ1n) is 1.28. The summed E-state index contributed by atoms with van der Waals surface area (Å²) in [5.41, 5.74) is 0. The Balaban J connectivity index is -0.0000000257. The van der Waals surface area contributed by atoms with Crippen molar-refractivity contribution in [2.24, 2.45) is 0 Å². The van der Waals surface area contributed by atoms with Crippen LogP contribution in [0.2, 0.25) is 0 Å². The molecule has 0 aliphatic heterocycles. The fourth-order valence-corrected chi connectivity index (χ4v) is 0. The van der Waals surface area contributed by atoms with Crippen molar-refractivity contribution in [1.82, 2.24) is 0 Å². The number of nitrogens with zero attached hydrogens (tertiary/aromatic N) is 3. The Kier molecular flexibility index (Phi) is 286. The van der Waals surface area contributed by atoms with Crippen molar-refractivity contribution in [2.45, 2.75) is 0 Å². The summed E-state index contributed by atoms with van der Waals surface area (Å²) in [5, 5.41) is 20.3. The summed E-state index contributed by atoms with van der Waals surface area (Å²) in [6, 6.07) is 0. The number of isocyanates is 3. The van der Waals surface area contributed by atoms with E-state index in [1.54, 1.807) is 0 Å². The van der Waals surface area contributed by atoms with Crippen LogP contribution in [0.25, 0.3) is 16.2 Å². The Labute approximate surface area is 66.9 Å². The molecule has 0 rings (SSSR count). The van der Waals surface area contributed by atoms with Gasteiger partial charge in [-0.25, -0.2) is 0 Å². The van der Waals surface area contributed by atoms with Crippen molar-refractivity contribution in [3.63, 3.8) is 0 Å². The quantitative estimate of drug-likeness (QED) is 0.373. The molecule has 0 aromatic rings. The third kappa shape index (κ3) is 122. The van der Waals surface area contributed by atoms with Gasteiger partial charge in [0, 0.05) is 0 Å². The fraction of sp³-hybridized carbons (Fsp3) is 0. The molecule has 0 N–H and O–H groups in total. The maximum atomic E-state index is 8.24. The monoisotopic (exact) mass is 178 g/mol. The average Bonchev–Trinajstić information content (AvgIpc) is 1.70. The van der Waals surface area contributed by atoms with Crippen LogP contribution in [0.15, 0.2) is 0 Å². The second-order valence-corrected chi connectivity index (χ2v) is 0.274. The van der Waals surface area contributed by atoms with E-state index in [2.05, 4.69) is 0 Å². The van der Waals surface area contributed by atoms with E-state index in [1.807, 2.05) is 0 Å². The van der Waals surface area contributed by atoms with Gasteiger partial charge in [-0.3, -0.25) is 14.4 Å². The standard InChI is InChI=1S/3CNO.Cr/c3*2-1-3;/q3*-1;+3. The second kappa shape index (κ2) is 122. The zero-order valence-corrected chi connectivity index (χ0v) is 5.75. The smallest absolute Gasteiger partial charge is 0.724 e. The van der Waals surface area contributed by atoms with Crippen LogP contribution in [-0.2, 0) is 31.7 Å². The van der Waals surface area contributed by atoms with Crippen LogP contribution < -0.4 is 0 Å². The summed E-state index contributed by atoms with van der Waals surface area (Å²) in [6.07, 6.45) is 1.50. The fourth-order valence-electron chi connectivity index (χ4n) is 0. The zero-order chi connectivity index (χ0) is 8.12. The summed E-state index contributed by atoms with van der Waals surface area (Å²) >= 11 is 0. The minimum atomic E-state index is 0. The summed E-state index contributed by atoms with van der Waals surface area (Å²) in [4.78, 5) is 24.7. The first-order chi connectivity index (χ1) is 4.24. The molecule has 0 unspecified atom stereocenters. The van der Waals surface area contributed by atoms with Crippen LogP contribution in [0.5, 0.6) is 0 Å². The van der Waals surface area contributed by atoms with Gasteiger partial charge >= 0.3 is 17.4 Å². The molecule has 0 heterocycles. The van der Waals surface area contributed by atoms with Gasteiger partial charge in [0.15, 0.2) is 0 Å². The summed E-state index contributed by atoms with van der Waals surface area (Å²) in [5.74, 6) is 0. The van der Waals surface area contributed by atoms with Crippen LogP contribution in [-0.4, -0.2) is 18.2 Å². The van der Waals surface area contributed by atoms with Gasteiger partial charge in [-0.05, 0) is 18.2 Å². The molecule has 7 heteroatoms. The second-order valence-electron chi connectivity index (χ2n) is 0.274. The molecule has 0 saturated heterocycles. The van der Waals surface area contributed by atoms with Crippen molar-refractivity contribution in [3.8, 4) is 0 Å². The molecule has 0 spiro atoms. The third-order valence-electron chi connectivity index (χ3n) is 0. The minimum absolute atomic E-state index is 0. The van der Waals surface area contributed by atoms with E-state index in [9.17, 15) is 0 Å². The SMILES string of the molecule is [Cr+3].[N-]=C=O.[N-]=C=O.[N-]=C=O. The molecule has 0 atom stereocenters. The molecular formula is C3CrN3O3. The molecule has 1 radical (unpaired) electrons. The van der Waals surface area contributed by atoms with Crippen molar-refractivity contribution >= 4 is 18.2 Å². The number of rotatable bonds is 0. The Morgan fingerprint density at radius 2 is 0.700 bits per heavy atom. The minimum Gasteiger partial charge on any atom is -0.724 e. The number of hydrogen-bond donors (Lipinski definition) is 0. The van der Waals surface area contributed by atoms with E-state index in [4.69, 9.17) is 30.6 Å². The molecule has 0 amide bonds. The Morgan fingerprint density at radius 1 is 0.700 bits per heavy atom. The maximum absolute atomic E-state index is 8.24. The molecule has 0 aromatic carbocycles. The molecule has 0 fully saturated rings. The predicted molar refractivity (Wildman–Crippen MR) is 27.2 cm³/mol. The van der Waals surface area contributed by atoms with Gasteiger partial charge in [0.05, 0.1) is 0 Å². The largest absolute Gasteiger partial charge is 3.00 e.